The number of nitrogens with one attached hydrogen (secondary N) is 1. The highest BCUT2D eigenvalue weighted by atomic mass is 16.5. The molecule has 1 heterocycles. The van der Waals surface area contributed by atoms with Crippen LogP contribution in [-0.4, -0.2) is 33.9 Å². The molecule has 0 aliphatic rings. The fourth-order valence-electron chi connectivity index (χ4n) is 1.99. The number of nitrogens with zero attached hydrogens (tertiary/aromatic N) is 4. The molecule has 1 aromatic heterocycles. The summed E-state index contributed by atoms with van der Waals surface area (Å²) >= 11 is 0. The van der Waals surface area contributed by atoms with Gasteiger partial charge in [0.1, 0.15) is 0 Å². The number of benzene rings is 1. The summed E-state index contributed by atoms with van der Waals surface area (Å²) in [5.41, 5.74) is 2.04. The summed E-state index contributed by atoms with van der Waals surface area (Å²) in [6.07, 6.45) is 0. The van der Waals surface area contributed by atoms with Gasteiger partial charge in [0.2, 0.25) is 0 Å². The molecule has 6 nitrogen and oxygen atoms in total. The number of hydrogen-bond acceptors (Lipinski definition) is 5. The SMILES string of the molecule is CCNC(C)c1nnnn1-c1cccc(COC)c1. The standard InChI is InChI=1S/C13H19N5O/c1-4-14-10(2)13-15-16-17-18(13)12-7-5-6-11(8-12)9-19-3/h5-8,10,14H,4,9H2,1-3H3. The van der Waals surface area contributed by atoms with Gasteiger partial charge in [-0.05, 0) is 41.6 Å². The second-order valence-corrected chi connectivity index (χ2v) is 4.33. The maximum Gasteiger partial charge on any atom is 0.173 e. The Kier molecular flexibility index (Phi) is 4.59. The Morgan fingerprint density at radius 3 is 3.00 bits per heavy atom. The molecule has 0 spiro atoms. The second-order valence-electron chi connectivity index (χ2n) is 4.33. The molecule has 19 heavy (non-hydrogen) atoms. The molecule has 102 valence electrons. The monoisotopic (exact) mass is 261 g/mol. The van der Waals surface area contributed by atoms with E-state index in [2.05, 4.69) is 27.8 Å². The molecule has 2 rings (SSSR count). The lowest BCUT2D eigenvalue weighted by molar-refractivity contribution is 0.185. The van der Waals surface area contributed by atoms with Crippen LogP contribution in [0.25, 0.3) is 5.69 Å². The third-order valence-corrected chi connectivity index (χ3v) is 2.86. The third kappa shape index (κ3) is 3.15. The van der Waals surface area contributed by atoms with Gasteiger partial charge in [0, 0.05) is 7.11 Å². The molecule has 1 N–H and O–H groups in total. The topological polar surface area (TPSA) is 64.9 Å². The average Bonchev–Trinajstić information content (AvgIpc) is 2.89. The molecule has 0 saturated carbocycles. The summed E-state index contributed by atoms with van der Waals surface area (Å²) in [6.45, 7) is 5.56. The van der Waals surface area contributed by atoms with E-state index in [0.29, 0.717) is 6.61 Å². The van der Waals surface area contributed by atoms with Gasteiger partial charge in [-0.25, -0.2) is 0 Å². The van der Waals surface area contributed by atoms with E-state index in [1.54, 1.807) is 11.8 Å². The highest BCUT2D eigenvalue weighted by Gasteiger charge is 2.14. The van der Waals surface area contributed by atoms with Gasteiger partial charge < -0.3 is 10.1 Å². The van der Waals surface area contributed by atoms with Crippen molar-refractivity contribution < 1.29 is 4.74 Å². The second kappa shape index (κ2) is 6.40. The molecule has 6 heteroatoms. The number of tetrazole rings is 1. The van der Waals surface area contributed by atoms with Crippen LogP contribution >= 0.6 is 0 Å². The summed E-state index contributed by atoms with van der Waals surface area (Å²) in [6, 6.07) is 8.11. The van der Waals surface area contributed by atoms with Gasteiger partial charge in [-0.2, -0.15) is 4.68 Å². The van der Waals surface area contributed by atoms with Crippen molar-refractivity contribution in [1.82, 2.24) is 25.5 Å². The number of methoxy groups -OCH3 is 1. The van der Waals surface area contributed by atoms with Gasteiger partial charge in [0.15, 0.2) is 5.82 Å². The van der Waals surface area contributed by atoms with E-state index in [1.807, 2.05) is 31.2 Å². The predicted molar refractivity (Wildman–Crippen MR) is 72.0 cm³/mol. The minimum absolute atomic E-state index is 0.103. The van der Waals surface area contributed by atoms with Crippen LogP contribution in [0.5, 0.6) is 0 Å². The van der Waals surface area contributed by atoms with Crippen LogP contribution in [-0.2, 0) is 11.3 Å². The fourth-order valence-corrected chi connectivity index (χ4v) is 1.99. The Morgan fingerprint density at radius 1 is 1.42 bits per heavy atom. The molecule has 0 amide bonds. The Balaban J connectivity index is 2.31. The molecule has 0 aliphatic carbocycles. The highest BCUT2D eigenvalue weighted by Crippen LogP contribution is 2.15. The van der Waals surface area contributed by atoms with Crippen molar-refractivity contribution in [1.29, 1.82) is 0 Å². The van der Waals surface area contributed by atoms with Crippen molar-refractivity contribution in [2.24, 2.45) is 0 Å². The van der Waals surface area contributed by atoms with Crippen LogP contribution in [0.3, 0.4) is 0 Å². The molecule has 0 fully saturated rings. The van der Waals surface area contributed by atoms with Gasteiger partial charge in [-0.15, -0.1) is 5.10 Å². The van der Waals surface area contributed by atoms with Crippen LogP contribution < -0.4 is 5.32 Å². The minimum Gasteiger partial charge on any atom is -0.380 e. The molecule has 1 aromatic carbocycles. The Labute approximate surface area is 112 Å². The first-order valence-electron chi connectivity index (χ1n) is 6.36. The van der Waals surface area contributed by atoms with E-state index in [0.717, 1.165) is 23.6 Å². The molecule has 1 unspecified atom stereocenters. The molecule has 1 atom stereocenters. The van der Waals surface area contributed by atoms with E-state index < -0.39 is 0 Å². The predicted octanol–water partition coefficient (Wildman–Crippen LogP) is 1.48. The van der Waals surface area contributed by atoms with E-state index in [9.17, 15) is 0 Å². The molecule has 0 bridgehead atoms. The zero-order valence-corrected chi connectivity index (χ0v) is 11.5. The summed E-state index contributed by atoms with van der Waals surface area (Å²) in [5.74, 6) is 0.802. The van der Waals surface area contributed by atoms with Crippen LogP contribution in [0.15, 0.2) is 24.3 Å². The average molecular weight is 261 g/mol. The van der Waals surface area contributed by atoms with Crippen molar-refractivity contribution >= 4 is 0 Å². The Morgan fingerprint density at radius 2 is 2.26 bits per heavy atom. The van der Waals surface area contributed by atoms with Gasteiger partial charge >= 0.3 is 0 Å². The largest absolute Gasteiger partial charge is 0.380 e. The van der Waals surface area contributed by atoms with E-state index >= 15 is 0 Å². The first-order chi connectivity index (χ1) is 9.26. The molecule has 0 saturated heterocycles. The van der Waals surface area contributed by atoms with Crippen molar-refractivity contribution in [3.8, 4) is 5.69 Å². The first-order valence-corrected chi connectivity index (χ1v) is 6.36. The normalized spacial score (nSPS) is 12.6. The summed E-state index contributed by atoms with van der Waals surface area (Å²) in [7, 11) is 1.68. The molecule has 0 aliphatic heterocycles. The Bertz CT molecular complexity index is 525. The van der Waals surface area contributed by atoms with Gasteiger partial charge in [-0.1, -0.05) is 19.1 Å². The molecule has 2 aromatic rings. The lowest BCUT2D eigenvalue weighted by atomic mass is 10.2. The van der Waals surface area contributed by atoms with Crippen LogP contribution in [0.1, 0.15) is 31.3 Å². The highest BCUT2D eigenvalue weighted by molar-refractivity contribution is 5.35. The van der Waals surface area contributed by atoms with Crippen molar-refractivity contribution in [2.45, 2.75) is 26.5 Å². The van der Waals surface area contributed by atoms with E-state index in [1.165, 1.54) is 0 Å². The van der Waals surface area contributed by atoms with Crippen LogP contribution in [0, 0.1) is 0 Å². The minimum atomic E-state index is 0.103. The van der Waals surface area contributed by atoms with E-state index in [-0.39, 0.29) is 6.04 Å². The smallest absolute Gasteiger partial charge is 0.173 e. The number of ether oxygens (including phenoxy) is 1. The maximum absolute atomic E-state index is 5.14. The lowest BCUT2D eigenvalue weighted by Crippen LogP contribution is -2.21. The first kappa shape index (κ1) is 13.6. The molecule has 0 radical (unpaired) electrons. The summed E-state index contributed by atoms with van der Waals surface area (Å²) in [5, 5.41) is 15.2. The van der Waals surface area contributed by atoms with Crippen LogP contribution in [0.4, 0.5) is 0 Å². The Hall–Kier alpha value is -1.79. The maximum atomic E-state index is 5.14. The third-order valence-electron chi connectivity index (χ3n) is 2.86. The number of aromatic nitrogens is 4. The van der Waals surface area contributed by atoms with Crippen molar-refractivity contribution in [3.05, 3.63) is 35.7 Å². The summed E-state index contributed by atoms with van der Waals surface area (Å²) in [4.78, 5) is 0. The molecular weight excluding hydrogens is 242 g/mol. The number of rotatable bonds is 6. The van der Waals surface area contributed by atoms with Gasteiger partial charge in [-0.3, -0.25) is 0 Å². The van der Waals surface area contributed by atoms with Crippen molar-refractivity contribution in [3.63, 3.8) is 0 Å². The zero-order valence-electron chi connectivity index (χ0n) is 11.5. The molecular formula is C13H19N5O. The fraction of sp³-hybridized carbons (Fsp3) is 0.462. The van der Waals surface area contributed by atoms with Gasteiger partial charge in [0.05, 0.1) is 18.3 Å². The van der Waals surface area contributed by atoms with Crippen molar-refractivity contribution in [2.75, 3.05) is 13.7 Å². The zero-order chi connectivity index (χ0) is 13.7. The van der Waals surface area contributed by atoms with Gasteiger partial charge in [0.25, 0.3) is 0 Å². The summed E-state index contributed by atoms with van der Waals surface area (Å²) < 4.78 is 6.90. The number of hydrogen-bond donors (Lipinski definition) is 1. The van der Waals surface area contributed by atoms with Crippen LogP contribution in [0.2, 0.25) is 0 Å². The van der Waals surface area contributed by atoms with E-state index in [4.69, 9.17) is 4.74 Å². The lowest BCUT2D eigenvalue weighted by Gasteiger charge is -2.12. The quantitative estimate of drug-likeness (QED) is 0.853.